The number of benzene rings is 1. The predicted molar refractivity (Wildman–Crippen MR) is 162 cm³/mol. The largest absolute Gasteiger partial charge is 0.483 e. The monoisotopic (exact) mass is 652 g/mol. The molecule has 4 heterocycles. The number of esters is 4. The van der Waals surface area contributed by atoms with Crippen LogP contribution in [0.15, 0.2) is 27.4 Å². The summed E-state index contributed by atoms with van der Waals surface area (Å²) in [6, 6.07) is 4.72. The van der Waals surface area contributed by atoms with Crippen molar-refractivity contribution in [2.45, 2.75) is 117 Å². The van der Waals surface area contributed by atoms with Crippen molar-refractivity contribution < 1.29 is 52.4 Å². The minimum atomic E-state index is -1.62. The van der Waals surface area contributed by atoms with Crippen LogP contribution in [0.3, 0.4) is 0 Å². The third-order valence-corrected chi connectivity index (χ3v) is 13.1. The topological polar surface area (TPSA) is 165 Å². The van der Waals surface area contributed by atoms with E-state index in [-0.39, 0.29) is 35.3 Å². The van der Waals surface area contributed by atoms with Crippen molar-refractivity contribution in [1.29, 1.82) is 0 Å². The molecule has 5 aliphatic rings. The highest BCUT2D eigenvalue weighted by molar-refractivity contribution is 5.95. The van der Waals surface area contributed by atoms with Gasteiger partial charge in [0.05, 0.1) is 28.6 Å². The standard InChI is InChI=1S/C35H40O12/c1-29(2)23(44-28(41)35-14-12-33(8,26(39)47-35)31(35,5)6)22(43-27(40)34-13-11-32(7,25(38)46-34)30(34,3)4)20-19(45-29)10-9-17-15-18(16-36)24(37)42-21(17)20/h9-10,15,22-23,36H,11-14,16H2,1-8H3/t22-,23-,32-,33-,34-,35-/m1/s1. The van der Waals surface area contributed by atoms with Gasteiger partial charge >= 0.3 is 29.5 Å². The predicted octanol–water partition coefficient (Wildman–Crippen LogP) is 4.20. The summed E-state index contributed by atoms with van der Waals surface area (Å²) >= 11 is 0. The Morgan fingerprint density at radius 2 is 1.32 bits per heavy atom. The van der Waals surface area contributed by atoms with Crippen LogP contribution in [0.25, 0.3) is 11.0 Å². The van der Waals surface area contributed by atoms with Crippen molar-refractivity contribution in [2.24, 2.45) is 21.7 Å². The maximum Gasteiger partial charge on any atom is 0.351 e. The van der Waals surface area contributed by atoms with Gasteiger partial charge in [-0.05, 0) is 71.6 Å². The zero-order valence-electron chi connectivity index (χ0n) is 27.9. The Labute approximate surface area is 271 Å². The maximum absolute atomic E-state index is 14.4. The average molecular weight is 653 g/mol. The molecule has 0 radical (unpaired) electrons. The number of ether oxygens (including phenoxy) is 5. The summed E-state index contributed by atoms with van der Waals surface area (Å²) in [5, 5.41) is 10.1. The number of carbonyl (C=O) groups is 4. The molecule has 2 aromatic rings. The molecule has 7 rings (SSSR count). The van der Waals surface area contributed by atoms with Gasteiger partial charge in [0.25, 0.3) is 0 Å². The molecule has 12 heteroatoms. The number of rotatable bonds is 5. The van der Waals surface area contributed by atoms with E-state index >= 15 is 0 Å². The van der Waals surface area contributed by atoms with Gasteiger partial charge in [0.15, 0.2) is 12.2 Å². The van der Waals surface area contributed by atoms with Crippen LogP contribution in [0.4, 0.5) is 0 Å². The van der Waals surface area contributed by atoms with Crippen LogP contribution in [-0.4, -0.2) is 51.9 Å². The SMILES string of the molecule is CC1(C)Oc2ccc3cc(CO)c(=O)oc3c2[C@@H](OC(=O)[C@@]23CC[C@](C)(C(=O)O2)C3(C)C)[C@H]1OC(=O)[C@@]12CC[C@](C)(C(=O)O1)C2(C)C. The van der Waals surface area contributed by atoms with Gasteiger partial charge < -0.3 is 33.2 Å². The molecule has 252 valence electrons. The van der Waals surface area contributed by atoms with E-state index in [1.807, 2.05) is 0 Å². The first-order valence-corrected chi connectivity index (χ1v) is 16.0. The molecule has 0 spiro atoms. The Bertz CT molecular complexity index is 1850. The quantitative estimate of drug-likeness (QED) is 0.279. The molecular formula is C35H40O12. The molecule has 0 amide bonds. The van der Waals surface area contributed by atoms with Crippen molar-refractivity contribution in [3.63, 3.8) is 0 Å². The van der Waals surface area contributed by atoms with E-state index in [9.17, 15) is 29.1 Å². The zero-order chi connectivity index (χ0) is 34.3. The first kappa shape index (κ1) is 31.7. The molecule has 2 aliphatic carbocycles. The summed E-state index contributed by atoms with van der Waals surface area (Å²) in [4.78, 5) is 67.7. The molecular weight excluding hydrogens is 612 g/mol. The second kappa shape index (κ2) is 9.15. The van der Waals surface area contributed by atoms with E-state index < -0.39 is 86.8 Å². The van der Waals surface area contributed by atoms with Crippen molar-refractivity contribution in [3.05, 3.63) is 39.7 Å². The van der Waals surface area contributed by atoms with Crippen molar-refractivity contribution >= 4 is 34.8 Å². The van der Waals surface area contributed by atoms with Gasteiger partial charge in [-0.3, -0.25) is 9.59 Å². The molecule has 1 N–H and O–H groups in total. The van der Waals surface area contributed by atoms with Gasteiger partial charge in [-0.1, -0.05) is 27.7 Å². The van der Waals surface area contributed by atoms with Gasteiger partial charge in [-0.15, -0.1) is 0 Å². The Morgan fingerprint density at radius 1 is 0.787 bits per heavy atom. The normalized spacial score (nSPS) is 36.8. The number of aliphatic hydroxyl groups excluding tert-OH is 1. The minimum Gasteiger partial charge on any atom is -0.483 e. The number of carbonyl (C=O) groups excluding carboxylic acids is 4. The molecule has 3 aliphatic heterocycles. The summed E-state index contributed by atoms with van der Waals surface area (Å²) in [6.45, 7) is 13.5. The molecule has 1 aromatic carbocycles. The summed E-state index contributed by atoms with van der Waals surface area (Å²) < 4.78 is 36.3. The number of fused-ring (bicyclic) bond motifs is 7. The highest BCUT2D eigenvalue weighted by Crippen LogP contribution is 2.67. The Kier molecular flexibility index (Phi) is 6.16. The van der Waals surface area contributed by atoms with Crippen molar-refractivity contribution in [3.8, 4) is 5.75 Å². The van der Waals surface area contributed by atoms with E-state index in [0.29, 0.717) is 18.2 Å². The molecule has 6 atom stereocenters. The van der Waals surface area contributed by atoms with Crippen LogP contribution in [0, 0.1) is 21.7 Å². The van der Waals surface area contributed by atoms with E-state index in [1.54, 1.807) is 67.5 Å². The van der Waals surface area contributed by atoms with E-state index in [1.165, 1.54) is 6.07 Å². The summed E-state index contributed by atoms with van der Waals surface area (Å²) in [6.07, 6.45) is -1.47. The maximum atomic E-state index is 14.4. The van der Waals surface area contributed by atoms with Crippen molar-refractivity contribution in [2.75, 3.05) is 0 Å². The fourth-order valence-electron chi connectivity index (χ4n) is 8.71. The van der Waals surface area contributed by atoms with Crippen LogP contribution in [0.1, 0.15) is 98.3 Å². The fourth-order valence-corrected chi connectivity index (χ4v) is 8.71. The average Bonchev–Trinajstić information content (AvgIpc) is 3.46. The number of aliphatic hydroxyl groups is 1. The fraction of sp³-hybridized carbons (Fsp3) is 0.629. The molecule has 12 nitrogen and oxygen atoms in total. The van der Waals surface area contributed by atoms with Gasteiger partial charge in [-0.2, -0.15) is 0 Å². The first-order valence-electron chi connectivity index (χ1n) is 16.0. The van der Waals surface area contributed by atoms with E-state index in [0.717, 1.165) is 0 Å². The Balaban J connectivity index is 1.37. The van der Waals surface area contributed by atoms with Crippen LogP contribution in [0.5, 0.6) is 5.75 Å². The number of hydrogen-bond donors (Lipinski definition) is 1. The van der Waals surface area contributed by atoms with Crippen LogP contribution in [-0.2, 0) is 44.7 Å². The second-order valence-corrected chi connectivity index (χ2v) is 15.8. The molecule has 0 unspecified atom stereocenters. The highest BCUT2D eigenvalue weighted by Gasteiger charge is 2.78. The van der Waals surface area contributed by atoms with Crippen LogP contribution in [0.2, 0.25) is 0 Å². The first-order chi connectivity index (χ1) is 21.7. The molecule has 47 heavy (non-hydrogen) atoms. The molecule has 1 aromatic heterocycles. The molecule has 2 saturated heterocycles. The van der Waals surface area contributed by atoms with Gasteiger partial charge in [-0.25, -0.2) is 14.4 Å². The smallest absolute Gasteiger partial charge is 0.351 e. The molecule has 2 saturated carbocycles. The van der Waals surface area contributed by atoms with Crippen LogP contribution >= 0.6 is 0 Å². The lowest BCUT2D eigenvalue weighted by Crippen LogP contribution is -2.57. The van der Waals surface area contributed by atoms with E-state index in [4.69, 9.17) is 28.1 Å². The lowest BCUT2D eigenvalue weighted by molar-refractivity contribution is -0.217. The summed E-state index contributed by atoms with van der Waals surface area (Å²) in [5.74, 6) is -2.42. The number of hydrogen-bond acceptors (Lipinski definition) is 12. The summed E-state index contributed by atoms with van der Waals surface area (Å²) in [7, 11) is 0. The van der Waals surface area contributed by atoms with Crippen LogP contribution < -0.4 is 10.4 Å². The minimum absolute atomic E-state index is 0.00900. The van der Waals surface area contributed by atoms with Crippen molar-refractivity contribution in [1.82, 2.24) is 0 Å². The zero-order valence-corrected chi connectivity index (χ0v) is 27.9. The Morgan fingerprint density at radius 3 is 1.79 bits per heavy atom. The van der Waals surface area contributed by atoms with Gasteiger partial charge in [0, 0.05) is 16.2 Å². The third kappa shape index (κ3) is 3.54. The second-order valence-electron chi connectivity index (χ2n) is 15.8. The summed E-state index contributed by atoms with van der Waals surface area (Å²) in [5.41, 5.74) is -8.90. The molecule has 4 bridgehead atoms. The van der Waals surface area contributed by atoms with Gasteiger partial charge in [0.1, 0.15) is 16.9 Å². The Hall–Kier alpha value is -3.93. The molecule has 4 fully saturated rings. The lowest BCUT2D eigenvalue weighted by Gasteiger charge is -2.45. The highest BCUT2D eigenvalue weighted by atomic mass is 16.7. The third-order valence-electron chi connectivity index (χ3n) is 13.1. The van der Waals surface area contributed by atoms with Gasteiger partial charge in [0.2, 0.25) is 11.2 Å². The lowest BCUT2D eigenvalue weighted by atomic mass is 9.66. The van der Waals surface area contributed by atoms with E-state index in [2.05, 4.69) is 0 Å².